The number of carbonyl (C=O) groups excluding carboxylic acids is 3. The molecule has 1 saturated heterocycles. The summed E-state index contributed by atoms with van der Waals surface area (Å²) >= 11 is 0. The first-order valence-corrected chi connectivity index (χ1v) is 32.9. The molecule has 6 unspecified atom stereocenters. The summed E-state index contributed by atoms with van der Waals surface area (Å²) in [4.78, 5) is 51.3. The Hall–Kier alpha value is -3.84. The first-order chi connectivity index (χ1) is 39.6. The maximum absolute atomic E-state index is 13.2. The predicted octanol–water partition coefficient (Wildman–Crippen LogP) is 17.7. The second kappa shape index (κ2) is 56.6. The highest BCUT2D eigenvalue weighted by Gasteiger charge is 2.50. The summed E-state index contributed by atoms with van der Waals surface area (Å²) in [7, 11) is 0. The highest BCUT2D eigenvalue weighted by molar-refractivity contribution is 5.74. The van der Waals surface area contributed by atoms with Crippen molar-refractivity contribution >= 4 is 23.9 Å². The van der Waals surface area contributed by atoms with Gasteiger partial charge in [0.1, 0.15) is 18.8 Å². The molecule has 1 heterocycles. The van der Waals surface area contributed by atoms with Crippen molar-refractivity contribution in [3.63, 3.8) is 0 Å². The summed E-state index contributed by atoms with van der Waals surface area (Å²) in [5.41, 5.74) is 0. The molecule has 466 valence electrons. The van der Waals surface area contributed by atoms with Crippen molar-refractivity contribution in [1.29, 1.82) is 0 Å². The van der Waals surface area contributed by atoms with E-state index in [1.165, 1.54) is 103 Å². The largest absolute Gasteiger partial charge is 0.479 e. The van der Waals surface area contributed by atoms with Crippen LogP contribution in [0.2, 0.25) is 0 Å². The number of ether oxygens (including phenoxy) is 5. The zero-order chi connectivity index (χ0) is 58.9. The molecule has 0 amide bonds. The average molecular weight is 1140 g/mol. The van der Waals surface area contributed by atoms with E-state index in [0.717, 1.165) is 128 Å². The van der Waals surface area contributed by atoms with E-state index in [-0.39, 0.29) is 25.9 Å². The number of unbranched alkanes of at least 4 members (excludes halogenated alkanes) is 30. The number of carboxylic acid groups (broad SMARTS) is 1. The molecule has 1 fully saturated rings. The number of carboxylic acids is 1. The molecule has 12 heteroatoms. The summed E-state index contributed by atoms with van der Waals surface area (Å²) in [6.07, 6.45) is 60.0. The van der Waals surface area contributed by atoms with Crippen molar-refractivity contribution in [3.05, 3.63) is 72.9 Å². The number of rotatable bonds is 56. The molecular formula is C69H118O12. The summed E-state index contributed by atoms with van der Waals surface area (Å²) in [6, 6.07) is 0. The van der Waals surface area contributed by atoms with Gasteiger partial charge in [-0.15, -0.1) is 0 Å². The number of aliphatic carboxylic acids is 1. The van der Waals surface area contributed by atoms with E-state index in [2.05, 4.69) is 93.7 Å². The van der Waals surface area contributed by atoms with Gasteiger partial charge in [-0.2, -0.15) is 0 Å². The summed E-state index contributed by atoms with van der Waals surface area (Å²) in [6.45, 7) is 5.87. The summed E-state index contributed by atoms with van der Waals surface area (Å²) < 4.78 is 28.5. The van der Waals surface area contributed by atoms with Crippen molar-refractivity contribution in [3.8, 4) is 0 Å². The van der Waals surface area contributed by atoms with Gasteiger partial charge < -0.3 is 39.0 Å². The minimum atomic E-state index is -1.91. The van der Waals surface area contributed by atoms with E-state index in [0.29, 0.717) is 19.3 Å². The number of esters is 3. The average Bonchev–Trinajstić information content (AvgIpc) is 3.53. The second-order valence-corrected chi connectivity index (χ2v) is 22.4. The SMILES string of the molecule is CC/C=C\C/C=C\C/C=C\CCCCCCCCCC(=O)OC1C(OCC(COC(=O)CCCCCCCCCCC/C=C\CCCCCCCC)OC(=O)CCCCCCC/C=C\C/C=C\CCCCC)OC(C(=O)O)C(O)C1O. The smallest absolute Gasteiger partial charge is 0.335 e. The molecule has 1 rings (SSSR count). The number of carbonyl (C=O) groups is 4. The van der Waals surface area contributed by atoms with Crippen LogP contribution < -0.4 is 0 Å². The third kappa shape index (κ3) is 46.3. The maximum atomic E-state index is 13.2. The Balaban J connectivity index is 2.66. The molecule has 1 aliphatic rings. The Morgan fingerprint density at radius 2 is 0.778 bits per heavy atom. The van der Waals surface area contributed by atoms with E-state index < -0.39 is 67.3 Å². The zero-order valence-corrected chi connectivity index (χ0v) is 51.5. The van der Waals surface area contributed by atoms with Crippen molar-refractivity contribution in [1.82, 2.24) is 0 Å². The van der Waals surface area contributed by atoms with Crippen LogP contribution in [0.4, 0.5) is 0 Å². The lowest BCUT2D eigenvalue weighted by Gasteiger charge is -2.40. The Morgan fingerprint density at radius 3 is 1.22 bits per heavy atom. The van der Waals surface area contributed by atoms with Gasteiger partial charge >= 0.3 is 23.9 Å². The van der Waals surface area contributed by atoms with Crippen LogP contribution in [-0.4, -0.2) is 89.2 Å². The molecule has 0 aromatic heterocycles. The Morgan fingerprint density at radius 1 is 0.420 bits per heavy atom. The summed E-state index contributed by atoms with van der Waals surface area (Å²) in [5, 5.41) is 31.6. The van der Waals surface area contributed by atoms with Crippen LogP contribution in [0.25, 0.3) is 0 Å². The number of hydrogen-bond donors (Lipinski definition) is 3. The fourth-order valence-electron chi connectivity index (χ4n) is 9.70. The van der Waals surface area contributed by atoms with Gasteiger partial charge in [0.15, 0.2) is 24.6 Å². The molecule has 0 aliphatic carbocycles. The molecule has 3 N–H and O–H groups in total. The van der Waals surface area contributed by atoms with Crippen LogP contribution in [0, 0.1) is 0 Å². The van der Waals surface area contributed by atoms with E-state index in [1.54, 1.807) is 0 Å². The van der Waals surface area contributed by atoms with E-state index in [4.69, 9.17) is 23.7 Å². The molecule has 0 bridgehead atoms. The molecule has 0 spiro atoms. The highest BCUT2D eigenvalue weighted by atomic mass is 16.7. The van der Waals surface area contributed by atoms with Gasteiger partial charge in [0, 0.05) is 19.3 Å². The molecule has 12 nitrogen and oxygen atoms in total. The monoisotopic (exact) mass is 1140 g/mol. The molecule has 6 atom stereocenters. The van der Waals surface area contributed by atoms with Crippen molar-refractivity contribution in [2.75, 3.05) is 13.2 Å². The van der Waals surface area contributed by atoms with Gasteiger partial charge in [-0.05, 0) is 109 Å². The first kappa shape index (κ1) is 75.2. The minimum absolute atomic E-state index is 0.0462. The minimum Gasteiger partial charge on any atom is -0.479 e. The first-order valence-electron chi connectivity index (χ1n) is 32.9. The quantitative estimate of drug-likeness (QED) is 0.0228. The zero-order valence-electron chi connectivity index (χ0n) is 51.5. The molecule has 0 aromatic rings. The van der Waals surface area contributed by atoms with Crippen LogP contribution in [0.5, 0.6) is 0 Å². The molecule has 0 saturated carbocycles. The third-order valence-electron chi connectivity index (χ3n) is 14.7. The molecule has 1 aliphatic heterocycles. The van der Waals surface area contributed by atoms with E-state index in [9.17, 15) is 34.5 Å². The second-order valence-electron chi connectivity index (χ2n) is 22.4. The predicted molar refractivity (Wildman–Crippen MR) is 331 cm³/mol. The van der Waals surface area contributed by atoms with Crippen molar-refractivity contribution in [2.24, 2.45) is 0 Å². The third-order valence-corrected chi connectivity index (χ3v) is 14.7. The van der Waals surface area contributed by atoms with Gasteiger partial charge in [-0.1, -0.05) is 235 Å². The van der Waals surface area contributed by atoms with Gasteiger partial charge in [0.2, 0.25) is 0 Å². The van der Waals surface area contributed by atoms with Gasteiger partial charge in [-0.3, -0.25) is 14.4 Å². The molecule has 81 heavy (non-hydrogen) atoms. The topological polar surface area (TPSA) is 175 Å². The lowest BCUT2D eigenvalue weighted by atomic mass is 9.98. The number of aliphatic hydroxyl groups excluding tert-OH is 2. The van der Waals surface area contributed by atoms with E-state index in [1.807, 2.05) is 0 Å². The lowest BCUT2D eigenvalue weighted by molar-refractivity contribution is -0.301. The van der Waals surface area contributed by atoms with Crippen LogP contribution >= 0.6 is 0 Å². The van der Waals surface area contributed by atoms with Crippen LogP contribution in [0.1, 0.15) is 290 Å². The number of aliphatic hydroxyl groups is 2. The Labute approximate surface area is 493 Å². The van der Waals surface area contributed by atoms with Crippen LogP contribution in [0.3, 0.4) is 0 Å². The summed E-state index contributed by atoms with van der Waals surface area (Å²) in [5.74, 6) is -3.14. The molecule has 0 aromatic carbocycles. The normalized spacial score (nSPS) is 18.2. The number of hydrogen-bond acceptors (Lipinski definition) is 11. The standard InChI is InChI=1S/C69H118O12/c1-4-7-10-13-16-19-22-25-28-30-31-33-35-37-40-43-46-49-52-55-61(70)77-58-60(79-62(71)56-53-50-47-44-41-38-34-27-24-21-18-15-12-9-6-3)59-78-69-67(65(74)64(73)66(81-69)68(75)76)80-63(72)57-54-51-48-45-42-39-36-32-29-26-23-20-17-14-11-8-5-2/h8,11,17-18,20-21,25-29,34,60,64-67,69,73-74H,4-7,9-10,12-16,19,22-24,30-33,35-59H2,1-3H3,(H,75,76)/b11-8-,20-17-,21-18-,28-25-,29-26-,34-27-. The lowest BCUT2D eigenvalue weighted by Crippen LogP contribution is -2.61. The van der Waals surface area contributed by atoms with Gasteiger partial charge in [0.25, 0.3) is 0 Å². The van der Waals surface area contributed by atoms with Crippen LogP contribution in [-0.2, 0) is 42.9 Å². The van der Waals surface area contributed by atoms with Crippen molar-refractivity contribution in [2.45, 2.75) is 327 Å². The fourth-order valence-corrected chi connectivity index (χ4v) is 9.70. The Bertz CT molecular complexity index is 1680. The number of allylic oxidation sites excluding steroid dienone is 12. The van der Waals surface area contributed by atoms with Crippen molar-refractivity contribution < 1.29 is 58.2 Å². The maximum Gasteiger partial charge on any atom is 0.335 e. The van der Waals surface area contributed by atoms with Crippen LogP contribution in [0.15, 0.2) is 72.9 Å². The molecular weight excluding hydrogens is 1020 g/mol. The fraction of sp³-hybridized carbons (Fsp3) is 0.768. The Kier molecular flexibility index (Phi) is 52.6. The highest BCUT2D eigenvalue weighted by Crippen LogP contribution is 2.27. The van der Waals surface area contributed by atoms with E-state index >= 15 is 0 Å². The van der Waals surface area contributed by atoms with Gasteiger partial charge in [0.05, 0.1) is 6.61 Å². The molecule has 0 radical (unpaired) electrons. The van der Waals surface area contributed by atoms with Gasteiger partial charge in [-0.25, -0.2) is 4.79 Å².